The summed E-state index contributed by atoms with van der Waals surface area (Å²) in [5, 5.41) is 3.64. The van der Waals surface area contributed by atoms with E-state index in [-0.39, 0.29) is 0 Å². The van der Waals surface area contributed by atoms with Crippen LogP contribution in [0.4, 0.5) is 5.69 Å². The number of aryl methyl sites for hydroxylation is 1. The highest BCUT2D eigenvalue weighted by atomic mass is 79.9. The molecular formula is C17H20BrN. The second-order valence-electron chi connectivity index (χ2n) is 4.86. The molecule has 2 heteroatoms. The van der Waals surface area contributed by atoms with Gasteiger partial charge in [0.1, 0.15) is 0 Å². The van der Waals surface area contributed by atoms with E-state index in [0.29, 0.717) is 6.04 Å². The van der Waals surface area contributed by atoms with Gasteiger partial charge in [-0.2, -0.15) is 0 Å². The van der Waals surface area contributed by atoms with Gasteiger partial charge in [-0.15, -0.1) is 0 Å². The van der Waals surface area contributed by atoms with Crippen LogP contribution in [0.25, 0.3) is 0 Å². The average molecular weight is 318 g/mol. The Morgan fingerprint density at radius 2 is 1.84 bits per heavy atom. The summed E-state index contributed by atoms with van der Waals surface area (Å²) >= 11 is 3.54. The maximum absolute atomic E-state index is 3.64. The van der Waals surface area contributed by atoms with Crippen molar-refractivity contribution in [3.63, 3.8) is 0 Å². The maximum Gasteiger partial charge on any atom is 0.0513 e. The van der Waals surface area contributed by atoms with Crippen molar-refractivity contribution in [1.82, 2.24) is 0 Å². The van der Waals surface area contributed by atoms with Gasteiger partial charge in [0.05, 0.1) is 6.04 Å². The first-order valence-electron chi connectivity index (χ1n) is 6.78. The molecule has 0 aromatic heterocycles. The van der Waals surface area contributed by atoms with Crippen LogP contribution >= 0.6 is 15.9 Å². The minimum absolute atomic E-state index is 0.381. The Morgan fingerprint density at radius 3 is 2.47 bits per heavy atom. The van der Waals surface area contributed by atoms with Gasteiger partial charge in [-0.1, -0.05) is 59.6 Å². The molecule has 100 valence electrons. The van der Waals surface area contributed by atoms with Crippen molar-refractivity contribution >= 4 is 21.6 Å². The largest absolute Gasteiger partial charge is 0.378 e. The van der Waals surface area contributed by atoms with Crippen molar-refractivity contribution in [2.24, 2.45) is 0 Å². The van der Waals surface area contributed by atoms with Crippen molar-refractivity contribution in [1.29, 1.82) is 0 Å². The van der Waals surface area contributed by atoms with Crippen LogP contribution in [0.3, 0.4) is 0 Å². The fourth-order valence-electron chi connectivity index (χ4n) is 2.23. The lowest BCUT2D eigenvalue weighted by atomic mass is 10.0. The van der Waals surface area contributed by atoms with E-state index in [1.54, 1.807) is 0 Å². The van der Waals surface area contributed by atoms with Gasteiger partial charge in [0.25, 0.3) is 0 Å². The van der Waals surface area contributed by atoms with E-state index in [4.69, 9.17) is 0 Å². The molecule has 1 N–H and O–H groups in total. The molecule has 0 spiro atoms. The van der Waals surface area contributed by atoms with Gasteiger partial charge in [0.2, 0.25) is 0 Å². The number of anilines is 1. The molecule has 0 radical (unpaired) electrons. The molecule has 0 amide bonds. The summed E-state index contributed by atoms with van der Waals surface area (Å²) in [6.45, 7) is 4.34. The lowest BCUT2D eigenvalue weighted by molar-refractivity contribution is 0.677. The second-order valence-corrected chi connectivity index (χ2v) is 5.71. The third-order valence-corrected chi connectivity index (χ3v) is 4.17. The van der Waals surface area contributed by atoms with Crippen molar-refractivity contribution < 1.29 is 0 Å². The van der Waals surface area contributed by atoms with E-state index in [0.717, 1.165) is 10.9 Å². The zero-order valence-electron chi connectivity index (χ0n) is 11.5. The fraction of sp³-hybridized carbons (Fsp3) is 0.294. The SMILES string of the molecule is CCCC(Nc1ccc(Br)c(C)c1)c1ccccc1. The molecule has 0 fully saturated rings. The summed E-state index contributed by atoms with van der Waals surface area (Å²) in [5.41, 5.74) is 3.79. The summed E-state index contributed by atoms with van der Waals surface area (Å²) in [6, 6.07) is 17.5. The second kappa shape index (κ2) is 6.76. The van der Waals surface area contributed by atoms with Gasteiger partial charge < -0.3 is 5.32 Å². The van der Waals surface area contributed by atoms with Crippen LogP contribution in [-0.2, 0) is 0 Å². The molecule has 2 rings (SSSR count). The van der Waals surface area contributed by atoms with Crippen molar-refractivity contribution in [3.05, 3.63) is 64.1 Å². The lowest BCUT2D eigenvalue weighted by Crippen LogP contribution is -2.10. The Hall–Kier alpha value is -1.28. The fourth-order valence-corrected chi connectivity index (χ4v) is 2.48. The van der Waals surface area contributed by atoms with Crippen LogP contribution in [0.2, 0.25) is 0 Å². The molecule has 2 aromatic rings. The zero-order chi connectivity index (χ0) is 13.7. The first-order valence-corrected chi connectivity index (χ1v) is 7.57. The minimum atomic E-state index is 0.381. The summed E-state index contributed by atoms with van der Waals surface area (Å²) in [5.74, 6) is 0. The van der Waals surface area contributed by atoms with Crippen LogP contribution in [0.1, 0.15) is 36.9 Å². The number of halogens is 1. The molecule has 0 aliphatic carbocycles. The van der Waals surface area contributed by atoms with E-state index >= 15 is 0 Å². The quantitative estimate of drug-likeness (QED) is 0.744. The van der Waals surface area contributed by atoms with Gasteiger partial charge in [-0.3, -0.25) is 0 Å². The predicted molar refractivity (Wildman–Crippen MR) is 86.6 cm³/mol. The Balaban J connectivity index is 2.19. The molecule has 0 saturated carbocycles. The van der Waals surface area contributed by atoms with Crippen molar-refractivity contribution in [2.75, 3.05) is 5.32 Å². The van der Waals surface area contributed by atoms with Gasteiger partial charge in [-0.05, 0) is 42.7 Å². The maximum atomic E-state index is 3.64. The van der Waals surface area contributed by atoms with Crippen LogP contribution in [-0.4, -0.2) is 0 Å². The summed E-state index contributed by atoms with van der Waals surface area (Å²) in [4.78, 5) is 0. The zero-order valence-corrected chi connectivity index (χ0v) is 13.1. The molecule has 1 unspecified atom stereocenters. The monoisotopic (exact) mass is 317 g/mol. The minimum Gasteiger partial charge on any atom is -0.378 e. The van der Waals surface area contributed by atoms with Crippen LogP contribution < -0.4 is 5.32 Å². The van der Waals surface area contributed by atoms with Crippen LogP contribution in [0.5, 0.6) is 0 Å². The Bertz CT molecular complexity index is 522. The van der Waals surface area contributed by atoms with Gasteiger partial charge in [0, 0.05) is 10.2 Å². The normalized spacial score (nSPS) is 12.2. The summed E-state index contributed by atoms with van der Waals surface area (Å²) in [6.07, 6.45) is 2.31. The lowest BCUT2D eigenvalue weighted by Gasteiger charge is -2.20. The molecule has 1 atom stereocenters. The van der Waals surface area contributed by atoms with Crippen molar-refractivity contribution in [3.8, 4) is 0 Å². The van der Waals surface area contributed by atoms with Gasteiger partial charge >= 0.3 is 0 Å². The third kappa shape index (κ3) is 3.84. The number of hydrogen-bond donors (Lipinski definition) is 1. The van der Waals surface area contributed by atoms with E-state index in [1.165, 1.54) is 23.2 Å². The molecule has 0 heterocycles. The van der Waals surface area contributed by atoms with Gasteiger partial charge in [-0.25, -0.2) is 0 Å². The van der Waals surface area contributed by atoms with E-state index < -0.39 is 0 Å². The summed E-state index contributed by atoms with van der Waals surface area (Å²) in [7, 11) is 0. The van der Waals surface area contributed by atoms with E-state index in [2.05, 4.69) is 83.6 Å². The van der Waals surface area contributed by atoms with E-state index in [9.17, 15) is 0 Å². The number of rotatable bonds is 5. The standard InChI is InChI=1S/C17H20BrN/c1-3-7-17(14-8-5-4-6-9-14)19-15-10-11-16(18)13(2)12-15/h4-6,8-12,17,19H,3,7H2,1-2H3. The average Bonchev–Trinajstić information content (AvgIpc) is 2.43. The number of benzene rings is 2. The highest BCUT2D eigenvalue weighted by molar-refractivity contribution is 9.10. The Labute approximate surface area is 124 Å². The van der Waals surface area contributed by atoms with E-state index in [1.807, 2.05) is 0 Å². The molecule has 0 saturated heterocycles. The smallest absolute Gasteiger partial charge is 0.0513 e. The van der Waals surface area contributed by atoms with Crippen LogP contribution in [0.15, 0.2) is 53.0 Å². The third-order valence-electron chi connectivity index (χ3n) is 3.28. The molecule has 2 aromatic carbocycles. The topological polar surface area (TPSA) is 12.0 Å². The predicted octanol–water partition coefficient (Wildman–Crippen LogP) is 5.71. The first-order chi connectivity index (χ1) is 9.20. The highest BCUT2D eigenvalue weighted by Crippen LogP contribution is 2.26. The number of hydrogen-bond acceptors (Lipinski definition) is 1. The van der Waals surface area contributed by atoms with Gasteiger partial charge in [0.15, 0.2) is 0 Å². The van der Waals surface area contributed by atoms with Crippen molar-refractivity contribution in [2.45, 2.75) is 32.7 Å². The summed E-state index contributed by atoms with van der Waals surface area (Å²) < 4.78 is 1.16. The Kier molecular flexibility index (Phi) is 5.03. The molecular weight excluding hydrogens is 298 g/mol. The first kappa shape index (κ1) is 14.1. The molecule has 19 heavy (non-hydrogen) atoms. The molecule has 0 aliphatic heterocycles. The molecule has 0 aliphatic rings. The molecule has 0 bridgehead atoms. The Morgan fingerprint density at radius 1 is 1.11 bits per heavy atom. The van der Waals surface area contributed by atoms with Crippen LogP contribution in [0, 0.1) is 6.92 Å². The number of nitrogens with one attached hydrogen (secondary N) is 1. The molecule has 1 nitrogen and oxygen atoms in total. The highest BCUT2D eigenvalue weighted by Gasteiger charge is 2.10.